The summed E-state index contributed by atoms with van der Waals surface area (Å²) in [6, 6.07) is 0. The summed E-state index contributed by atoms with van der Waals surface area (Å²) in [7, 11) is 0. The summed E-state index contributed by atoms with van der Waals surface area (Å²) in [6.07, 6.45) is 0.152. The number of hydrogen-bond acceptors (Lipinski definition) is 3. The standard InChI is InChI=1S/C14H23F3N2O2/c15-14(16,17)11-19-8-6-18(7-9-19)10-13(12(20)21)4-2-1-3-5-13/h1-11H2,(H,20,21). The number of hydrogen-bond donors (Lipinski definition) is 1. The van der Waals surface area contributed by atoms with Crippen molar-refractivity contribution in [1.29, 1.82) is 0 Å². The second kappa shape index (κ2) is 6.52. The predicted octanol–water partition coefficient (Wildman–Crippen LogP) is 2.20. The summed E-state index contributed by atoms with van der Waals surface area (Å²) in [5.74, 6) is -0.750. The Morgan fingerprint density at radius 3 is 2.00 bits per heavy atom. The third-order valence-corrected chi connectivity index (χ3v) is 4.66. The molecule has 0 aromatic heterocycles. The maximum Gasteiger partial charge on any atom is 0.401 e. The van der Waals surface area contributed by atoms with E-state index in [1.165, 1.54) is 4.90 Å². The summed E-state index contributed by atoms with van der Waals surface area (Å²) in [6.45, 7) is 1.35. The fourth-order valence-electron chi connectivity index (χ4n) is 3.46. The van der Waals surface area contributed by atoms with Crippen molar-refractivity contribution in [2.75, 3.05) is 39.3 Å². The van der Waals surface area contributed by atoms with Gasteiger partial charge in [-0.05, 0) is 12.8 Å². The Morgan fingerprint density at radius 1 is 1.00 bits per heavy atom. The molecule has 2 aliphatic rings. The van der Waals surface area contributed by atoms with Crippen LogP contribution in [0, 0.1) is 5.41 Å². The van der Waals surface area contributed by atoms with E-state index in [9.17, 15) is 23.1 Å². The molecular formula is C14H23F3N2O2. The number of carboxylic acids is 1. The van der Waals surface area contributed by atoms with Crippen molar-refractivity contribution in [2.45, 2.75) is 38.3 Å². The van der Waals surface area contributed by atoms with Crippen LogP contribution in [-0.2, 0) is 4.79 Å². The fourth-order valence-corrected chi connectivity index (χ4v) is 3.46. The van der Waals surface area contributed by atoms with Crippen LogP contribution in [0.4, 0.5) is 13.2 Å². The van der Waals surface area contributed by atoms with Gasteiger partial charge >= 0.3 is 12.1 Å². The molecule has 1 heterocycles. The van der Waals surface area contributed by atoms with Gasteiger partial charge in [-0.15, -0.1) is 0 Å². The molecule has 1 saturated heterocycles. The number of carboxylic acid groups (broad SMARTS) is 1. The Hall–Kier alpha value is -0.820. The lowest BCUT2D eigenvalue weighted by atomic mass is 9.73. The summed E-state index contributed by atoms with van der Waals surface area (Å²) in [5.41, 5.74) is -0.690. The van der Waals surface area contributed by atoms with Gasteiger partial charge in [-0.1, -0.05) is 19.3 Å². The van der Waals surface area contributed by atoms with Crippen LogP contribution in [-0.4, -0.2) is 66.3 Å². The lowest BCUT2D eigenvalue weighted by molar-refractivity contribution is -0.155. The molecule has 21 heavy (non-hydrogen) atoms. The number of carbonyl (C=O) groups is 1. The number of piperazine rings is 1. The zero-order chi connectivity index (χ0) is 15.5. The van der Waals surface area contributed by atoms with E-state index in [2.05, 4.69) is 0 Å². The average Bonchev–Trinajstić information content (AvgIpc) is 2.40. The van der Waals surface area contributed by atoms with Crippen LogP contribution in [0.3, 0.4) is 0 Å². The number of rotatable bonds is 4. The normalized spacial score (nSPS) is 24.9. The highest BCUT2D eigenvalue weighted by atomic mass is 19.4. The lowest BCUT2D eigenvalue weighted by Crippen LogP contribution is -2.53. The van der Waals surface area contributed by atoms with Gasteiger partial charge in [0.15, 0.2) is 0 Å². The van der Waals surface area contributed by atoms with Crippen molar-refractivity contribution in [3.63, 3.8) is 0 Å². The molecule has 0 unspecified atom stereocenters. The first kappa shape index (κ1) is 16.5. The van der Waals surface area contributed by atoms with E-state index in [1.807, 2.05) is 4.90 Å². The van der Waals surface area contributed by atoms with Crippen molar-refractivity contribution >= 4 is 5.97 Å². The minimum atomic E-state index is -4.16. The van der Waals surface area contributed by atoms with Crippen LogP contribution in [0.1, 0.15) is 32.1 Å². The third kappa shape index (κ3) is 4.57. The Morgan fingerprint density at radius 2 is 1.52 bits per heavy atom. The van der Waals surface area contributed by atoms with E-state index >= 15 is 0 Å². The van der Waals surface area contributed by atoms with E-state index in [1.54, 1.807) is 0 Å². The molecule has 0 radical (unpaired) electrons. The predicted molar refractivity (Wildman–Crippen MR) is 72.1 cm³/mol. The molecule has 2 fully saturated rings. The molecule has 1 aliphatic heterocycles. The van der Waals surface area contributed by atoms with E-state index in [0.29, 0.717) is 45.6 Å². The largest absolute Gasteiger partial charge is 0.481 e. The first-order chi connectivity index (χ1) is 9.81. The molecule has 1 aliphatic carbocycles. The molecule has 0 bridgehead atoms. The van der Waals surface area contributed by atoms with Crippen molar-refractivity contribution in [1.82, 2.24) is 9.80 Å². The van der Waals surface area contributed by atoms with Crippen molar-refractivity contribution < 1.29 is 23.1 Å². The molecule has 0 spiro atoms. The molecule has 1 N–H and O–H groups in total. The van der Waals surface area contributed by atoms with Gasteiger partial charge in [-0.25, -0.2) is 0 Å². The number of alkyl halides is 3. The Kier molecular flexibility index (Phi) is 5.14. The number of nitrogens with zero attached hydrogens (tertiary/aromatic N) is 2. The molecule has 122 valence electrons. The van der Waals surface area contributed by atoms with Gasteiger partial charge in [0.1, 0.15) is 0 Å². The van der Waals surface area contributed by atoms with Gasteiger partial charge in [0.25, 0.3) is 0 Å². The van der Waals surface area contributed by atoms with Gasteiger partial charge in [0, 0.05) is 32.7 Å². The van der Waals surface area contributed by atoms with E-state index in [4.69, 9.17) is 0 Å². The Balaban J connectivity index is 1.85. The maximum absolute atomic E-state index is 12.3. The smallest absolute Gasteiger partial charge is 0.401 e. The molecule has 4 nitrogen and oxygen atoms in total. The summed E-state index contributed by atoms with van der Waals surface area (Å²) < 4.78 is 37.0. The second-order valence-corrected chi connectivity index (χ2v) is 6.31. The van der Waals surface area contributed by atoms with Crippen molar-refractivity contribution in [2.24, 2.45) is 5.41 Å². The first-order valence-corrected chi connectivity index (χ1v) is 7.56. The number of aliphatic carboxylic acids is 1. The summed E-state index contributed by atoms with van der Waals surface area (Å²) in [4.78, 5) is 15.0. The molecule has 0 amide bonds. The van der Waals surface area contributed by atoms with Crippen LogP contribution in [0.25, 0.3) is 0 Å². The van der Waals surface area contributed by atoms with Gasteiger partial charge < -0.3 is 5.11 Å². The van der Waals surface area contributed by atoms with Crippen molar-refractivity contribution in [3.8, 4) is 0 Å². The van der Waals surface area contributed by atoms with Gasteiger partial charge in [0.2, 0.25) is 0 Å². The van der Waals surface area contributed by atoms with Gasteiger partial charge in [0.05, 0.1) is 12.0 Å². The van der Waals surface area contributed by atoms with Gasteiger partial charge in [-0.3, -0.25) is 14.6 Å². The molecule has 0 atom stereocenters. The lowest BCUT2D eigenvalue weighted by Gasteiger charge is -2.41. The molecular weight excluding hydrogens is 285 g/mol. The van der Waals surface area contributed by atoms with Crippen LogP contribution < -0.4 is 0 Å². The zero-order valence-electron chi connectivity index (χ0n) is 12.2. The summed E-state index contributed by atoms with van der Waals surface area (Å²) >= 11 is 0. The minimum absolute atomic E-state index is 0.356. The third-order valence-electron chi connectivity index (χ3n) is 4.66. The molecule has 0 aromatic carbocycles. The van der Waals surface area contributed by atoms with Crippen LogP contribution in [0.15, 0.2) is 0 Å². The summed E-state index contributed by atoms with van der Waals surface area (Å²) in [5, 5.41) is 9.54. The topological polar surface area (TPSA) is 43.8 Å². The minimum Gasteiger partial charge on any atom is -0.481 e. The highest BCUT2D eigenvalue weighted by molar-refractivity contribution is 5.75. The van der Waals surface area contributed by atoms with E-state index in [0.717, 1.165) is 19.3 Å². The maximum atomic E-state index is 12.3. The monoisotopic (exact) mass is 308 g/mol. The number of halogens is 3. The molecule has 2 rings (SSSR count). The second-order valence-electron chi connectivity index (χ2n) is 6.31. The molecule has 7 heteroatoms. The Labute approximate surface area is 122 Å². The average molecular weight is 308 g/mol. The Bertz CT molecular complexity index is 360. The van der Waals surface area contributed by atoms with Crippen LogP contribution in [0.2, 0.25) is 0 Å². The van der Waals surface area contributed by atoms with Gasteiger partial charge in [-0.2, -0.15) is 13.2 Å². The van der Waals surface area contributed by atoms with E-state index in [-0.39, 0.29) is 0 Å². The van der Waals surface area contributed by atoms with E-state index < -0.39 is 24.1 Å². The zero-order valence-corrected chi connectivity index (χ0v) is 12.2. The van der Waals surface area contributed by atoms with Crippen LogP contribution >= 0.6 is 0 Å². The van der Waals surface area contributed by atoms with Crippen molar-refractivity contribution in [3.05, 3.63) is 0 Å². The first-order valence-electron chi connectivity index (χ1n) is 7.56. The highest BCUT2D eigenvalue weighted by Crippen LogP contribution is 2.37. The van der Waals surface area contributed by atoms with Crippen LogP contribution in [0.5, 0.6) is 0 Å². The quantitative estimate of drug-likeness (QED) is 0.865. The highest BCUT2D eigenvalue weighted by Gasteiger charge is 2.41. The molecule has 0 aromatic rings. The molecule has 1 saturated carbocycles. The fraction of sp³-hybridized carbons (Fsp3) is 0.929. The SMILES string of the molecule is O=C(O)C1(CN2CCN(CC(F)(F)F)CC2)CCCCC1.